The highest BCUT2D eigenvalue weighted by atomic mass is 32.2. The molecule has 2 aromatic heterocycles. The van der Waals surface area contributed by atoms with Crippen LogP contribution < -0.4 is 4.18 Å². The molecule has 14 heteroatoms. The molecule has 5 rings (SSSR count). The van der Waals surface area contributed by atoms with Gasteiger partial charge in [-0.3, -0.25) is 0 Å². The van der Waals surface area contributed by atoms with Crippen molar-refractivity contribution in [3.63, 3.8) is 0 Å². The molecule has 0 unspecified atom stereocenters. The van der Waals surface area contributed by atoms with Crippen molar-refractivity contribution in [2.75, 3.05) is 0 Å². The van der Waals surface area contributed by atoms with E-state index in [0.29, 0.717) is 21.7 Å². The predicted molar refractivity (Wildman–Crippen MR) is 116 cm³/mol. The van der Waals surface area contributed by atoms with E-state index >= 15 is 0 Å². The highest BCUT2D eigenvalue weighted by Crippen LogP contribution is 2.47. The standard InChI is InChI=1S/C22H12F6N2O4S2/c23-21(24,25)16-17(11-4-2-1-3-5-11)30-33-18(16)20-29-15-9-6-12-10-13(7-8-14(12)19(15)35-20)34-36(31,32)22(26,27)28/h1-5,7-8,10H,6,9H2. The topological polar surface area (TPSA) is 82.3 Å². The van der Waals surface area contributed by atoms with E-state index in [0.717, 1.165) is 23.5 Å². The maximum absolute atomic E-state index is 14.0. The quantitative estimate of drug-likeness (QED) is 0.166. The average Bonchev–Trinajstić information content (AvgIpc) is 3.43. The minimum atomic E-state index is -5.84. The van der Waals surface area contributed by atoms with Crippen LogP contribution in [0.25, 0.3) is 32.5 Å². The Kier molecular flexibility index (Phi) is 5.63. The van der Waals surface area contributed by atoms with E-state index in [1.807, 2.05) is 0 Å². The molecule has 0 amide bonds. The molecule has 36 heavy (non-hydrogen) atoms. The number of nitrogens with zero attached hydrogens (tertiary/aromatic N) is 2. The number of aryl methyl sites for hydroxylation is 2. The van der Waals surface area contributed by atoms with Crippen molar-refractivity contribution in [1.29, 1.82) is 0 Å². The minimum Gasteiger partial charge on any atom is -0.376 e. The average molecular weight is 546 g/mol. The lowest BCUT2D eigenvalue weighted by atomic mass is 9.94. The molecular formula is C22H12F6N2O4S2. The zero-order valence-corrected chi connectivity index (χ0v) is 19.3. The Morgan fingerprint density at radius 1 is 0.972 bits per heavy atom. The fourth-order valence-electron chi connectivity index (χ4n) is 3.80. The summed E-state index contributed by atoms with van der Waals surface area (Å²) in [6, 6.07) is 11.3. The largest absolute Gasteiger partial charge is 0.534 e. The lowest BCUT2D eigenvalue weighted by molar-refractivity contribution is -0.136. The van der Waals surface area contributed by atoms with E-state index in [1.165, 1.54) is 18.2 Å². The van der Waals surface area contributed by atoms with Gasteiger partial charge in [-0.25, -0.2) is 4.98 Å². The third-order valence-electron chi connectivity index (χ3n) is 5.36. The maximum Gasteiger partial charge on any atom is 0.534 e. The lowest BCUT2D eigenvalue weighted by Crippen LogP contribution is -2.28. The number of benzene rings is 2. The molecule has 1 aliphatic carbocycles. The Morgan fingerprint density at radius 3 is 2.36 bits per heavy atom. The molecule has 0 N–H and O–H groups in total. The van der Waals surface area contributed by atoms with Crippen LogP contribution >= 0.6 is 11.3 Å². The van der Waals surface area contributed by atoms with Gasteiger partial charge in [0.2, 0.25) is 5.76 Å². The molecule has 4 aromatic rings. The molecule has 188 valence electrons. The first-order chi connectivity index (χ1) is 16.8. The van der Waals surface area contributed by atoms with Crippen LogP contribution in [0, 0.1) is 0 Å². The van der Waals surface area contributed by atoms with Gasteiger partial charge in [0.15, 0.2) is 5.01 Å². The smallest absolute Gasteiger partial charge is 0.376 e. The summed E-state index contributed by atoms with van der Waals surface area (Å²) in [4.78, 5) is 4.81. The molecule has 0 fully saturated rings. The van der Waals surface area contributed by atoms with Gasteiger partial charge >= 0.3 is 21.8 Å². The molecule has 0 bridgehead atoms. The summed E-state index contributed by atoms with van der Waals surface area (Å²) in [7, 11) is -5.84. The van der Waals surface area contributed by atoms with E-state index in [2.05, 4.69) is 14.3 Å². The van der Waals surface area contributed by atoms with Crippen LogP contribution in [-0.4, -0.2) is 24.1 Å². The first-order valence-electron chi connectivity index (χ1n) is 10.1. The molecule has 0 radical (unpaired) electrons. The van der Waals surface area contributed by atoms with Gasteiger partial charge in [-0.2, -0.15) is 34.8 Å². The van der Waals surface area contributed by atoms with Gasteiger partial charge in [0, 0.05) is 5.56 Å². The molecule has 2 aromatic carbocycles. The number of alkyl halides is 6. The van der Waals surface area contributed by atoms with Crippen molar-refractivity contribution in [2.45, 2.75) is 24.5 Å². The maximum atomic E-state index is 14.0. The zero-order chi connectivity index (χ0) is 25.9. The fraction of sp³-hybridized carbons (Fsp3) is 0.182. The number of rotatable bonds is 4. The van der Waals surface area contributed by atoms with Gasteiger partial charge in [0.1, 0.15) is 17.0 Å². The van der Waals surface area contributed by atoms with Crippen LogP contribution in [0.2, 0.25) is 0 Å². The van der Waals surface area contributed by atoms with Crippen LogP contribution in [0.15, 0.2) is 53.1 Å². The summed E-state index contributed by atoms with van der Waals surface area (Å²) in [6.07, 6.45) is -4.28. The van der Waals surface area contributed by atoms with Crippen LogP contribution in [0.3, 0.4) is 0 Å². The Labute approximate surface area is 203 Å². The molecule has 1 aliphatic rings. The zero-order valence-electron chi connectivity index (χ0n) is 17.6. The van der Waals surface area contributed by atoms with Crippen molar-refractivity contribution in [3.05, 3.63) is 65.4 Å². The first kappa shape index (κ1) is 24.3. The van der Waals surface area contributed by atoms with E-state index in [9.17, 15) is 34.8 Å². The normalized spacial score (nSPS) is 13.8. The minimum absolute atomic E-state index is 0.0603. The van der Waals surface area contributed by atoms with Crippen LogP contribution in [-0.2, 0) is 29.1 Å². The second kappa shape index (κ2) is 8.34. The second-order valence-corrected chi connectivity index (χ2v) is 10.2. The highest BCUT2D eigenvalue weighted by Gasteiger charge is 2.48. The van der Waals surface area contributed by atoms with Crippen LogP contribution in [0.5, 0.6) is 5.75 Å². The van der Waals surface area contributed by atoms with Crippen LogP contribution in [0.1, 0.15) is 16.8 Å². The molecule has 0 saturated carbocycles. The Balaban J connectivity index is 1.55. The van der Waals surface area contributed by atoms with Gasteiger partial charge in [-0.05, 0) is 42.2 Å². The van der Waals surface area contributed by atoms with Crippen molar-refractivity contribution >= 4 is 21.5 Å². The van der Waals surface area contributed by atoms with Gasteiger partial charge < -0.3 is 8.71 Å². The fourth-order valence-corrected chi connectivity index (χ4v) is 5.41. The summed E-state index contributed by atoms with van der Waals surface area (Å²) in [5.41, 5.74) is -5.38. The molecule has 2 heterocycles. The van der Waals surface area contributed by atoms with Crippen LogP contribution in [0.4, 0.5) is 26.3 Å². The third-order valence-corrected chi connectivity index (χ3v) is 7.46. The van der Waals surface area contributed by atoms with Gasteiger partial charge in [-0.15, -0.1) is 11.3 Å². The van der Waals surface area contributed by atoms with Crippen molar-refractivity contribution in [3.8, 4) is 38.2 Å². The predicted octanol–water partition coefficient (Wildman–Crippen LogP) is 6.48. The van der Waals surface area contributed by atoms with Gasteiger partial charge in [-0.1, -0.05) is 35.5 Å². The first-order valence-corrected chi connectivity index (χ1v) is 12.3. The number of fused-ring (bicyclic) bond motifs is 3. The third kappa shape index (κ3) is 4.23. The Bertz CT molecular complexity index is 1560. The number of hydrogen-bond donors (Lipinski definition) is 0. The highest BCUT2D eigenvalue weighted by molar-refractivity contribution is 7.88. The van der Waals surface area contributed by atoms with Crippen molar-refractivity contribution in [1.82, 2.24) is 10.1 Å². The lowest BCUT2D eigenvalue weighted by Gasteiger charge is -2.16. The van der Waals surface area contributed by atoms with Gasteiger partial charge in [0.05, 0.1) is 10.6 Å². The molecule has 0 atom stereocenters. The molecule has 6 nitrogen and oxygen atoms in total. The summed E-state index contributed by atoms with van der Waals surface area (Å²) < 4.78 is 112. The number of thiazole rings is 1. The Hall–Kier alpha value is -3.39. The summed E-state index contributed by atoms with van der Waals surface area (Å²) in [5, 5.41) is 3.59. The molecule has 0 saturated heterocycles. The molecule has 0 aliphatic heterocycles. The van der Waals surface area contributed by atoms with Gasteiger partial charge in [0.25, 0.3) is 0 Å². The van der Waals surface area contributed by atoms with E-state index in [4.69, 9.17) is 4.52 Å². The van der Waals surface area contributed by atoms with E-state index in [-0.39, 0.29) is 29.1 Å². The summed E-state index contributed by atoms with van der Waals surface area (Å²) in [5.74, 6) is -1.07. The summed E-state index contributed by atoms with van der Waals surface area (Å²) >= 11 is 0.909. The molecular weight excluding hydrogens is 534 g/mol. The van der Waals surface area contributed by atoms with E-state index < -0.39 is 38.9 Å². The SMILES string of the molecule is O=S(=O)(Oc1ccc2c(c1)CCc1nc(-c3onc(-c4ccccc4)c3C(F)(F)F)sc1-2)C(F)(F)F. The number of hydrogen-bond acceptors (Lipinski definition) is 7. The van der Waals surface area contributed by atoms with E-state index in [1.54, 1.807) is 18.2 Å². The second-order valence-electron chi connectivity index (χ2n) is 7.70. The monoisotopic (exact) mass is 546 g/mol. The van der Waals surface area contributed by atoms with Crippen molar-refractivity contribution in [2.24, 2.45) is 0 Å². The number of aromatic nitrogens is 2. The molecule has 0 spiro atoms. The Morgan fingerprint density at radius 2 is 1.69 bits per heavy atom. The summed E-state index contributed by atoms with van der Waals surface area (Å²) in [6.45, 7) is 0. The van der Waals surface area contributed by atoms with Crippen molar-refractivity contribution < 1.29 is 43.5 Å². The number of halogens is 6.